The molecule has 1 N–H and O–H groups in total. The maximum atomic E-state index is 8.78. The lowest BCUT2D eigenvalue weighted by Crippen LogP contribution is -1.90. The van der Waals surface area contributed by atoms with Gasteiger partial charge >= 0.3 is 0 Å². The van der Waals surface area contributed by atoms with Gasteiger partial charge in [-0.2, -0.15) is 0 Å². The van der Waals surface area contributed by atoms with Crippen LogP contribution in [0.5, 0.6) is 0 Å². The second-order valence-corrected chi connectivity index (χ2v) is 7.27. The summed E-state index contributed by atoms with van der Waals surface area (Å²) in [5.41, 5.74) is 1.74. The van der Waals surface area contributed by atoms with E-state index in [1.54, 1.807) is 42.5 Å². The van der Waals surface area contributed by atoms with Crippen LogP contribution in [0.15, 0.2) is 126 Å². The van der Waals surface area contributed by atoms with Gasteiger partial charge in [-0.15, -0.1) is 0 Å². The van der Waals surface area contributed by atoms with Crippen molar-refractivity contribution in [3.8, 4) is 22.3 Å². The number of fused-ring (bicyclic) bond motifs is 3. The maximum Gasteiger partial charge on any atom is 0.143 e. The number of nitrogens with one attached hydrogen (secondary N) is 1. The summed E-state index contributed by atoms with van der Waals surface area (Å²) in [5, 5.41) is 4.36. The van der Waals surface area contributed by atoms with E-state index in [0.717, 1.165) is 10.8 Å². The number of furan rings is 1. The molecule has 0 atom stereocenters. The van der Waals surface area contributed by atoms with E-state index in [1.807, 2.05) is 30.3 Å². The summed E-state index contributed by atoms with van der Waals surface area (Å²) in [4.78, 5) is 0. The third-order valence-electron chi connectivity index (χ3n) is 5.24. The molecule has 152 valence electrons. The SMILES string of the molecule is [2H]c1c([2H])c(-c2ccccc2)c([2H])c([2H])c1Nc1c([2H])c([2H])c(-c2cccc3c2oc2ccccc23)c([2H])c1[2H]. The highest BCUT2D eigenvalue weighted by molar-refractivity contribution is 6.09. The minimum absolute atomic E-state index is 0.0594. The zero-order chi connectivity index (χ0) is 28.3. The van der Waals surface area contributed by atoms with Crippen LogP contribution in [0.1, 0.15) is 11.0 Å². The molecule has 5 aromatic carbocycles. The molecule has 0 aliphatic rings. The van der Waals surface area contributed by atoms with Gasteiger partial charge in [0.1, 0.15) is 11.2 Å². The minimum Gasteiger partial charge on any atom is -0.455 e. The van der Waals surface area contributed by atoms with E-state index in [-0.39, 0.29) is 58.8 Å². The van der Waals surface area contributed by atoms with Crippen LogP contribution in [-0.4, -0.2) is 0 Å². The molecule has 1 heterocycles. The Morgan fingerprint density at radius 3 is 1.91 bits per heavy atom. The molecule has 0 aliphatic heterocycles. The lowest BCUT2D eigenvalue weighted by Gasteiger charge is -2.09. The van der Waals surface area contributed by atoms with E-state index in [4.69, 9.17) is 15.4 Å². The van der Waals surface area contributed by atoms with Gasteiger partial charge in [-0.25, -0.2) is 0 Å². The molecule has 0 spiro atoms. The van der Waals surface area contributed by atoms with E-state index in [0.29, 0.717) is 22.3 Å². The van der Waals surface area contributed by atoms with E-state index in [2.05, 4.69) is 5.32 Å². The van der Waals surface area contributed by atoms with Gasteiger partial charge in [0, 0.05) is 27.7 Å². The molecule has 0 saturated carbocycles. The third kappa shape index (κ3) is 3.32. The number of rotatable bonds is 4. The summed E-state index contributed by atoms with van der Waals surface area (Å²) in [6.45, 7) is 0. The number of para-hydroxylation sites is 2. The maximum absolute atomic E-state index is 8.78. The van der Waals surface area contributed by atoms with Crippen LogP contribution in [0.25, 0.3) is 44.2 Å². The first kappa shape index (κ1) is 11.9. The number of hydrogen-bond acceptors (Lipinski definition) is 2. The van der Waals surface area contributed by atoms with Crippen molar-refractivity contribution in [1.29, 1.82) is 0 Å². The Kier molecular flexibility index (Phi) is 2.89. The summed E-state index contributed by atoms with van der Waals surface area (Å²) in [5.74, 6) is 0. The third-order valence-corrected chi connectivity index (χ3v) is 5.24. The molecular formula is C30H21NO. The topological polar surface area (TPSA) is 25.2 Å². The van der Waals surface area contributed by atoms with Gasteiger partial charge in [-0.05, 0) is 46.9 Å². The normalized spacial score (nSPS) is 14.6. The van der Waals surface area contributed by atoms with Gasteiger partial charge in [0.2, 0.25) is 0 Å². The average Bonchev–Trinajstić information content (AvgIpc) is 3.35. The predicted molar refractivity (Wildman–Crippen MR) is 134 cm³/mol. The Bertz CT molecular complexity index is 1910. The molecule has 2 heteroatoms. The first-order chi connectivity index (χ1) is 19.2. The molecule has 6 rings (SSSR count). The molecule has 1 aromatic heterocycles. The lowest BCUT2D eigenvalue weighted by molar-refractivity contribution is 0.670. The monoisotopic (exact) mass is 419 g/mol. The Morgan fingerprint density at radius 2 is 1.16 bits per heavy atom. The van der Waals surface area contributed by atoms with Crippen molar-refractivity contribution in [2.45, 2.75) is 0 Å². The van der Waals surface area contributed by atoms with Crippen molar-refractivity contribution in [3.63, 3.8) is 0 Å². The van der Waals surface area contributed by atoms with Crippen molar-refractivity contribution in [2.75, 3.05) is 5.32 Å². The van der Waals surface area contributed by atoms with E-state index in [9.17, 15) is 0 Å². The van der Waals surface area contributed by atoms with Gasteiger partial charge in [0.05, 0.1) is 11.0 Å². The van der Waals surface area contributed by atoms with Crippen molar-refractivity contribution in [2.24, 2.45) is 0 Å². The highest BCUT2D eigenvalue weighted by Crippen LogP contribution is 2.36. The molecule has 0 bridgehead atoms. The quantitative estimate of drug-likeness (QED) is 0.309. The largest absolute Gasteiger partial charge is 0.455 e. The average molecular weight is 420 g/mol. The van der Waals surface area contributed by atoms with Crippen LogP contribution in [-0.2, 0) is 0 Å². The van der Waals surface area contributed by atoms with Crippen molar-refractivity contribution in [3.05, 3.63) is 121 Å². The van der Waals surface area contributed by atoms with E-state index < -0.39 is 12.1 Å². The van der Waals surface area contributed by atoms with Crippen LogP contribution in [0.4, 0.5) is 11.4 Å². The van der Waals surface area contributed by atoms with Crippen LogP contribution in [0, 0.1) is 0 Å². The van der Waals surface area contributed by atoms with Gasteiger partial charge in [0.15, 0.2) is 0 Å². The molecule has 0 fully saturated rings. The summed E-state index contributed by atoms with van der Waals surface area (Å²) in [7, 11) is 0. The second-order valence-electron chi connectivity index (χ2n) is 7.27. The van der Waals surface area contributed by atoms with Crippen molar-refractivity contribution >= 4 is 33.3 Å². The minimum atomic E-state index is -0.409. The fourth-order valence-electron chi connectivity index (χ4n) is 3.70. The van der Waals surface area contributed by atoms with Crippen LogP contribution < -0.4 is 5.32 Å². The Labute approximate surface area is 198 Å². The molecule has 0 unspecified atom stereocenters. The van der Waals surface area contributed by atoms with Gasteiger partial charge < -0.3 is 9.73 Å². The number of benzene rings is 5. The van der Waals surface area contributed by atoms with Crippen LogP contribution in [0.3, 0.4) is 0 Å². The zero-order valence-corrected chi connectivity index (χ0v) is 16.8. The molecule has 0 aliphatic carbocycles. The molecular weight excluding hydrogens is 390 g/mol. The summed E-state index contributed by atoms with van der Waals surface area (Å²) in [6, 6.07) is 18.7. The Balaban J connectivity index is 1.51. The predicted octanol–water partition coefficient (Wildman–Crippen LogP) is 8.66. The van der Waals surface area contributed by atoms with E-state index in [1.165, 1.54) is 0 Å². The second kappa shape index (κ2) is 7.75. The first-order valence-electron chi connectivity index (χ1n) is 14.1. The molecule has 6 aromatic rings. The van der Waals surface area contributed by atoms with Gasteiger partial charge in [-0.1, -0.05) is 90.9 Å². The number of anilines is 2. The first-order valence-corrected chi connectivity index (χ1v) is 10.1. The Hall–Kier alpha value is -4.30. The summed E-state index contributed by atoms with van der Waals surface area (Å²) in [6.07, 6.45) is 0. The van der Waals surface area contributed by atoms with Gasteiger partial charge in [0.25, 0.3) is 0 Å². The fourth-order valence-corrected chi connectivity index (χ4v) is 3.70. The standard InChI is InChI=1S/C30H21NO/c1-2-7-21(8-3-1)22-13-17-24(18-14-22)31-25-19-15-23(16-20-25)26-10-6-11-28-27-9-4-5-12-29(27)32-30(26)28/h1-20,31H/i13D,14D,15D,16D,17D,18D,19D,20D. The summed E-state index contributed by atoms with van der Waals surface area (Å²) < 4.78 is 75.2. The zero-order valence-electron chi connectivity index (χ0n) is 24.8. The molecule has 0 saturated heterocycles. The summed E-state index contributed by atoms with van der Waals surface area (Å²) >= 11 is 0. The fraction of sp³-hybridized carbons (Fsp3) is 0. The van der Waals surface area contributed by atoms with Crippen molar-refractivity contribution < 1.29 is 15.4 Å². The smallest absolute Gasteiger partial charge is 0.143 e. The highest BCUT2D eigenvalue weighted by Gasteiger charge is 2.11. The lowest BCUT2D eigenvalue weighted by atomic mass is 10.0. The van der Waals surface area contributed by atoms with Crippen molar-refractivity contribution in [1.82, 2.24) is 0 Å². The molecule has 0 amide bonds. The highest BCUT2D eigenvalue weighted by atomic mass is 16.3. The van der Waals surface area contributed by atoms with E-state index >= 15 is 0 Å². The molecule has 32 heavy (non-hydrogen) atoms. The van der Waals surface area contributed by atoms with Crippen LogP contribution >= 0.6 is 0 Å². The van der Waals surface area contributed by atoms with Crippen LogP contribution in [0.2, 0.25) is 0 Å². The molecule has 2 nitrogen and oxygen atoms in total. The molecule has 0 radical (unpaired) electrons. The number of hydrogen-bond donors (Lipinski definition) is 1. The Morgan fingerprint density at radius 1 is 0.531 bits per heavy atom. The van der Waals surface area contributed by atoms with Gasteiger partial charge in [-0.3, -0.25) is 0 Å².